The van der Waals surface area contributed by atoms with Crippen LogP contribution in [0.3, 0.4) is 0 Å². The highest BCUT2D eigenvalue weighted by Crippen LogP contribution is 2.35. The van der Waals surface area contributed by atoms with Gasteiger partial charge < -0.3 is 9.30 Å². The van der Waals surface area contributed by atoms with E-state index in [0.717, 1.165) is 48.5 Å². The van der Waals surface area contributed by atoms with Gasteiger partial charge in [-0.15, -0.1) is 0 Å². The van der Waals surface area contributed by atoms with Crippen molar-refractivity contribution in [2.45, 2.75) is 31.5 Å². The molecule has 2 aliphatic rings. The molecule has 35 heavy (non-hydrogen) atoms. The number of fused-ring (bicyclic) bond motifs is 3. The van der Waals surface area contributed by atoms with Crippen LogP contribution in [-0.2, 0) is 6.54 Å². The van der Waals surface area contributed by atoms with Crippen LogP contribution < -0.4 is 0 Å². The van der Waals surface area contributed by atoms with Crippen LogP contribution in [-0.4, -0.2) is 50.3 Å². The monoisotopic (exact) mass is 508 g/mol. The fourth-order valence-corrected chi connectivity index (χ4v) is 5.82. The van der Waals surface area contributed by atoms with E-state index in [1.807, 2.05) is 53.6 Å². The maximum atomic E-state index is 13.8. The van der Waals surface area contributed by atoms with E-state index in [1.54, 1.807) is 0 Å². The fraction of sp³-hybridized carbons (Fsp3) is 0.259. The Morgan fingerprint density at radius 3 is 2.49 bits per heavy atom. The second-order valence-electron chi connectivity index (χ2n) is 9.26. The average Bonchev–Trinajstić information content (AvgIpc) is 3.35. The van der Waals surface area contributed by atoms with Gasteiger partial charge in [-0.1, -0.05) is 41.4 Å². The molecule has 8 heteroatoms. The Kier molecular flexibility index (Phi) is 5.75. The molecule has 0 spiro atoms. The van der Waals surface area contributed by atoms with Crippen LogP contribution in [0.2, 0.25) is 10.0 Å². The van der Waals surface area contributed by atoms with E-state index in [4.69, 9.17) is 28.2 Å². The number of amides is 1. The number of pyridine rings is 1. The van der Waals surface area contributed by atoms with Crippen LogP contribution in [0.1, 0.15) is 28.9 Å². The van der Waals surface area contributed by atoms with Crippen LogP contribution in [0.25, 0.3) is 16.9 Å². The summed E-state index contributed by atoms with van der Waals surface area (Å²) in [4.78, 5) is 22.6. The maximum Gasteiger partial charge on any atom is 0.256 e. The van der Waals surface area contributed by atoms with Crippen LogP contribution in [0.5, 0.6) is 0 Å². The second-order valence-corrected chi connectivity index (χ2v) is 10.1. The zero-order chi connectivity index (χ0) is 24.1. The summed E-state index contributed by atoms with van der Waals surface area (Å²) in [6.07, 6.45) is 3.89. The number of hydrogen-bond donors (Lipinski definition) is 0. The average molecular weight is 509 g/mol. The molecule has 2 aliphatic heterocycles. The lowest BCUT2D eigenvalue weighted by Gasteiger charge is -2.41. The molecule has 2 fully saturated rings. The van der Waals surface area contributed by atoms with E-state index in [-0.39, 0.29) is 28.6 Å². The van der Waals surface area contributed by atoms with Crippen LogP contribution in [0.4, 0.5) is 4.39 Å². The molecule has 2 bridgehead atoms. The second kappa shape index (κ2) is 8.94. The van der Waals surface area contributed by atoms with Crippen molar-refractivity contribution in [3.8, 4) is 11.3 Å². The van der Waals surface area contributed by atoms with Gasteiger partial charge in [0.2, 0.25) is 0 Å². The first kappa shape index (κ1) is 22.5. The van der Waals surface area contributed by atoms with Gasteiger partial charge in [0.05, 0.1) is 22.0 Å². The molecular weight excluding hydrogens is 486 g/mol. The van der Waals surface area contributed by atoms with Crippen molar-refractivity contribution in [2.24, 2.45) is 0 Å². The number of rotatable bonds is 4. The highest BCUT2D eigenvalue weighted by Gasteiger charge is 2.43. The van der Waals surface area contributed by atoms with Crippen molar-refractivity contribution in [3.05, 3.63) is 94.0 Å². The van der Waals surface area contributed by atoms with E-state index >= 15 is 0 Å². The minimum Gasteiger partial charge on any atom is -0.330 e. The molecule has 2 aromatic heterocycles. The Morgan fingerprint density at radius 1 is 1.00 bits per heavy atom. The summed E-state index contributed by atoms with van der Waals surface area (Å²) in [5.74, 6) is -0.635. The van der Waals surface area contributed by atoms with E-state index in [9.17, 15) is 9.18 Å². The van der Waals surface area contributed by atoms with Crippen molar-refractivity contribution in [2.75, 3.05) is 13.1 Å². The molecule has 2 unspecified atom stereocenters. The van der Waals surface area contributed by atoms with Gasteiger partial charge in [-0.2, -0.15) is 0 Å². The number of benzene rings is 2. The minimum atomic E-state index is -0.453. The quantitative estimate of drug-likeness (QED) is 0.342. The molecule has 178 valence electrons. The third-order valence-corrected chi connectivity index (χ3v) is 7.65. The number of piperazine rings is 1. The Labute approximate surface area is 212 Å². The summed E-state index contributed by atoms with van der Waals surface area (Å²) >= 11 is 12.4. The standard InChI is InChI=1S/C27H23Cl2FN4O/c28-18-6-4-17(5-7-18)26-24(33-12-2-1-3-25(33)31-26)16-32-14-20-9-10-21(15-32)34(20)27(35)22-13-19(30)8-11-23(22)29/h1-8,11-13,20-21H,9-10,14-16H2. The Hall–Kier alpha value is -2.93. The van der Waals surface area contributed by atoms with Crippen LogP contribution in [0.15, 0.2) is 66.9 Å². The molecule has 6 rings (SSSR count). The van der Waals surface area contributed by atoms with Gasteiger partial charge in [-0.25, -0.2) is 9.37 Å². The van der Waals surface area contributed by atoms with Gasteiger partial charge in [0.1, 0.15) is 11.5 Å². The molecule has 2 atom stereocenters. The maximum absolute atomic E-state index is 13.8. The van der Waals surface area contributed by atoms with E-state index < -0.39 is 5.82 Å². The third-order valence-electron chi connectivity index (χ3n) is 7.07. The molecule has 1 amide bonds. The number of halogens is 3. The van der Waals surface area contributed by atoms with Gasteiger partial charge >= 0.3 is 0 Å². The Bertz CT molecular complexity index is 1410. The topological polar surface area (TPSA) is 40.9 Å². The molecule has 0 radical (unpaired) electrons. The Morgan fingerprint density at radius 2 is 1.74 bits per heavy atom. The summed E-state index contributed by atoms with van der Waals surface area (Å²) in [6.45, 7) is 2.20. The van der Waals surface area contributed by atoms with Crippen molar-refractivity contribution in [1.29, 1.82) is 0 Å². The Balaban J connectivity index is 1.28. The fourth-order valence-electron chi connectivity index (χ4n) is 5.50. The first-order chi connectivity index (χ1) is 17.0. The largest absolute Gasteiger partial charge is 0.330 e. The van der Waals surface area contributed by atoms with E-state index in [1.165, 1.54) is 18.2 Å². The molecular formula is C27H23Cl2FN4O. The lowest BCUT2D eigenvalue weighted by molar-refractivity contribution is 0.0402. The van der Waals surface area contributed by atoms with Crippen molar-refractivity contribution in [1.82, 2.24) is 19.2 Å². The first-order valence-electron chi connectivity index (χ1n) is 11.7. The van der Waals surface area contributed by atoms with Gasteiger partial charge in [0, 0.05) is 48.5 Å². The number of hydrogen-bond acceptors (Lipinski definition) is 3. The summed E-state index contributed by atoms with van der Waals surface area (Å²) < 4.78 is 16.0. The van der Waals surface area contributed by atoms with Crippen molar-refractivity contribution < 1.29 is 9.18 Å². The number of imidazole rings is 1. The molecule has 5 nitrogen and oxygen atoms in total. The molecule has 4 heterocycles. The molecule has 0 aliphatic carbocycles. The van der Waals surface area contributed by atoms with Gasteiger partial charge in [0.15, 0.2) is 0 Å². The number of carbonyl (C=O) groups excluding carboxylic acids is 1. The lowest BCUT2D eigenvalue weighted by Crippen LogP contribution is -2.55. The normalized spacial score (nSPS) is 20.0. The first-order valence-corrected chi connectivity index (χ1v) is 12.5. The van der Waals surface area contributed by atoms with Crippen molar-refractivity contribution in [3.63, 3.8) is 0 Å². The highest BCUT2D eigenvalue weighted by atomic mass is 35.5. The predicted octanol–water partition coefficient (Wildman–Crippen LogP) is 5.94. The van der Waals surface area contributed by atoms with Crippen LogP contribution >= 0.6 is 23.2 Å². The smallest absolute Gasteiger partial charge is 0.256 e. The summed E-state index contributed by atoms with van der Waals surface area (Å²) in [5.41, 5.74) is 4.19. The zero-order valence-corrected chi connectivity index (χ0v) is 20.4. The summed E-state index contributed by atoms with van der Waals surface area (Å²) in [5, 5.41) is 0.978. The van der Waals surface area contributed by atoms with Gasteiger partial charge in [-0.05, 0) is 55.3 Å². The number of likely N-dealkylation sites (tertiary alicyclic amines) is 1. The van der Waals surface area contributed by atoms with Gasteiger partial charge in [0.25, 0.3) is 5.91 Å². The summed E-state index contributed by atoms with van der Waals surface area (Å²) in [7, 11) is 0. The number of nitrogens with zero attached hydrogens (tertiary/aromatic N) is 4. The minimum absolute atomic E-state index is 0.0683. The highest BCUT2D eigenvalue weighted by molar-refractivity contribution is 6.33. The number of carbonyl (C=O) groups is 1. The molecule has 2 aromatic carbocycles. The summed E-state index contributed by atoms with van der Waals surface area (Å²) in [6, 6.07) is 17.9. The molecule has 2 saturated heterocycles. The lowest BCUT2D eigenvalue weighted by atomic mass is 10.1. The van der Waals surface area contributed by atoms with Crippen LogP contribution in [0, 0.1) is 5.82 Å². The van der Waals surface area contributed by atoms with E-state index in [2.05, 4.69) is 9.30 Å². The zero-order valence-electron chi connectivity index (χ0n) is 18.9. The van der Waals surface area contributed by atoms with E-state index in [0.29, 0.717) is 11.6 Å². The SMILES string of the molecule is O=C(c1cc(F)ccc1Cl)N1C2CCC1CN(Cc1c(-c3ccc(Cl)cc3)nc3ccccn13)C2. The van der Waals surface area contributed by atoms with Gasteiger partial charge in [-0.3, -0.25) is 9.69 Å². The molecule has 0 N–H and O–H groups in total. The van der Waals surface area contributed by atoms with Crippen molar-refractivity contribution >= 4 is 34.8 Å². The molecule has 4 aromatic rings. The predicted molar refractivity (Wildman–Crippen MR) is 135 cm³/mol. The molecule has 0 saturated carbocycles. The third kappa shape index (κ3) is 4.10. The number of aromatic nitrogens is 2.